The average molecular weight is 409 g/mol. The van der Waals surface area contributed by atoms with Crippen LogP contribution in [-0.4, -0.2) is 51.7 Å². The average Bonchev–Trinajstić information content (AvgIpc) is 3.46. The van der Waals surface area contributed by atoms with E-state index in [1.807, 2.05) is 28.0 Å². The molecule has 2 aromatic heterocycles. The maximum atomic E-state index is 13.0. The number of thiophene rings is 1. The molecule has 1 aliphatic carbocycles. The number of aromatic nitrogens is 2. The number of amides is 1. The first-order valence-corrected chi connectivity index (χ1v) is 11.4. The fourth-order valence-electron chi connectivity index (χ4n) is 4.88. The lowest BCUT2D eigenvalue weighted by Crippen LogP contribution is -2.37. The first-order valence-electron chi connectivity index (χ1n) is 10.6. The fraction of sp³-hybridized carbons (Fsp3) is 0.478. The Hall–Kier alpha value is -2.18. The van der Waals surface area contributed by atoms with E-state index in [0.29, 0.717) is 11.7 Å². The van der Waals surface area contributed by atoms with Gasteiger partial charge in [-0.15, -0.1) is 11.3 Å². The molecule has 0 spiro atoms. The molecule has 152 valence electrons. The van der Waals surface area contributed by atoms with Crippen molar-refractivity contribution in [3.8, 4) is 0 Å². The first-order chi connectivity index (χ1) is 14.1. The summed E-state index contributed by atoms with van der Waals surface area (Å²) in [6, 6.07) is 11.4. The molecule has 1 atom stereocenters. The molecule has 1 saturated heterocycles. The largest absolute Gasteiger partial charge is 0.337 e. The van der Waals surface area contributed by atoms with Gasteiger partial charge in [-0.05, 0) is 56.7 Å². The quantitative estimate of drug-likeness (QED) is 0.658. The highest BCUT2D eigenvalue weighted by Gasteiger charge is 2.32. The number of rotatable bonds is 4. The second-order valence-corrected chi connectivity index (χ2v) is 9.63. The number of nitrogens with zero attached hydrogens (tertiary/aromatic N) is 4. The molecule has 0 N–H and O–H groups in total. The van der Waals surface area contributed by atoms with Crippen LogP contribution < -0.4 is 0 Å². The van der Waals surface area contributed by atoms with Crippen molar-refractivity contribution in [3.05, 3.63) is 52.2 Å². The lowest BCUT2D eigenvalue weighted by molar-refractivity contribution is 0.0784. The van der Waals surface area contributed by atoms with Gasteiger partial charge in [0.15, 0.2) is 5.69 Å². The van der Waals surface area contributed by atoms with Crippen LogP contribution in [0, 0.1) is 0 Å². The Morgan fingerprint density at radius 3 is 2.86 bits per heavy atom. The molecule has 1 unspecified atom stereocenters. The lowest BCUT2D eigenvalue weighted by Gasteiger charge is -2.31. The van der Waals surface area contributed by atoms with E-state index in [1.165, 1.54) is 26.2 Å². The zero-order chi connectivity index (χ0) is 20.0. The first kappa shape index (κ1) is 18.8. The Kier molecular flexibility index (Phi) is 4.92. The number of carbonyl (C=O) groups is 1. The highest BCUT2D eigenvalue weighted by molar-refractivity contribution is 7.19. The van der Waals surface area contributed by atoms with E-state index in [9.17, 15) is 4.79 Å². The minimum absolute atomic E-state index is 0.132. The summed E-state index contributed by atoms with van der Waals surface area (Å²) in [4.78, 5) is 18.9. The van der Waals surface area contributed by atoms with Gasteiger partial charge in [0, 0.05) is 53.6 Å². The van der Waals surface area contributed by atoms with Crippen LogP contribution in [0.3, 0.4) is 0 Å². The van der Waals surface area contributed by atoms with Crippen molar-refractivity contribution >= 4 is 27.3 Å². The molecule has 3 aromatic rings. The van der Waals surface area contributed by atoms with Gasteiger partial charge in [0.2, 0.25) is 0 Å². The van der Waals surface area contributed by atoms with Crippen molar-refractivity contribution in [3.63, 3.8) is 0 Å². The van der Waals surface area contributed by atoms with Gasteiger partial charge in [-0.1, -0.05) is 18.2 Å². The van der Waals surface area contributed by atoms with E-state index in [2.05, 4.69) is 47.4 Å². The fourth-order valence-corrected chi connectivity index (χ4v) is 6.01. The second kappa shape index (κ2) is 7.58. The zero-order valence-electron chi connectivity index (χ0n) is 17.2. The molecule has 1 amide bonds. The van der Waals surface area contributed by atoms with Crippen molar-refractivity contribution < 1.29 is 4.79 Å². The van der Waals surface area contributed by atoms with Crippen LogP contribution in [0.4, 0.5) is 0 Å². The summed E-state index contributed by atoms with van der Waals surface area (Å²) in [5.41, 5.74) is 3.13. The van der Waals surface area contributed by atoms with Gasteiger partial charge >= 0.3 is 0 Å². The Bertz CT molecular complexity index is 1010. The third-order valence-corrected chi connectivity index (χ3v) is 7.63. The topological polar surface area (TPSA) is 41.4 Å². The Morgan fingerprint density at radius 2 is 2.07 bits per heavy atom. The summed E-state index contributed by atoms with van der Waals surface area (Å²) in [5.74, 6) is 0.132. The van der Waals surface area contributed by atoms with Crippen molar-refractivity contribution in [1.82, 2.24) is 19.6 Å². The molecular formula is C23H28N4OS. The highest BCUT2D eigenvalue weighted by Crippen LogP contribution is 2.31. The predicted molar refractivity (Wildman–Crippen MR) is 117 cm³/mol. The maximum Gasteiger partial charge on any atom is 0.274 e. The minimum Gasteiger partial charge on any atom is -0.337 e. The van der Waals surface area contributed by atoms with E-state index in [-0.39, 0.29) is 5.91 Å². The molecule has 5 rings (SSSR count). The molecule has 5 nitrogen and oxygen atoms in total. The number of aryl methyl sites for hydroxylation is 1. The van der Waals surface area contributed by atoms with E-state index < -0.39 is 0 Å². The van der Waals surface area contributed by atoms with Crippen LogP contribution >= 0.6 is 11.3 Å². The van der Waals surface area contributed by atoms with Crippen LogP contribution in [0.5, 0.6) is 0 Å². The molecule has 29 heavy (non-hydrogen) atoms. The predicted octanol–water partition coefficient (Wildman–Crippen LogP) is 3.86. The SMILES string of the molecule is CN(Cc1cc2ccccc2s1)C1CCc2c(c(C(=O)N3CCCC3)nn2C)C1. The number of likely N-dealkylation sites (N-methyl/N-ethyl adjacent to an activating group) is 1. The molecule has 0 saturated carbocycles. The number of benzene rings is 1. The van der Waals surface area contributed by atoms with Crippen LogP contribution in [-0.2, 0) is 26.4 Å². The molecule has 1 aliphatic heterocycles. The van der Waals surface area contributed by atoms with Crippen LogP contribution in [0.1, 0.15) is 45.9 Å². The highest BCUT2D eigenvalue weighted by atomic mass is 32.1. The summed E-state index contributed by atoms with van der Waals surface area (Å²) in [6.45, 7) is 2.70. The number of hydrogen-bond donors (Lipinski definition) is 0. The van der Waals surface area contributed by atoms with Gasteiger partial charge in [-0.25, -0.2) is 0 Å². The second-order valence-electron chi connectivity index (χ2n) is 8.46. The van der Waals surface area contributed by atoms with Crippen molar-refractivity contribution in [2.24, 2.45) is 7.05 Å². The monoisotopic (exact) mass is 408 g/mol. The Morgan fingerprint density at radius 1 is 1.28 bits per heavy atom. The van der Waals surface area contributed by atoms with Crippen LogP contribution in [0.25, 0.3) is 10.1 Å². The van der Waals surface area contributed by atoms with Gasteiger partial charge in [-0.3, -0.25) is 14.4 Å². The summed E-state index contributed by atoms with van der Waals surface area (Å²) in [6.07, 6.45) is 5.25. The van der Waals surface area contributed by atoms with E-state index >= 15 is 0 Å². The Balaban J connectivity index is 1.35. The smallest absolute Gasteiger partial charge is 0.274 e. The molecule has 6 heteroatoms. The maximum absolute atomic E-state index is 13.0. The van der Waals surface area contributed by atoms with Gasteiger partial charge in [0.05, 0.1) is 0 Å². The van der Waals surface area contributed by atoms with Crippen molar-refractivity contribution in [1.29, 1.82) is 0 Å². The molecule has 0 bridgehead atoms. The van der Waals surface area contributed by atoms with Crippen LogP contribution in [0.15, 0.2) is 30.3 Å². The molecule has 1 fully saturated rings. The minimum atomic E-state index is 0.132. The van der Waals surface area contributed by atoms with Crippen molar-refractivity contribution in [2.45, 2.75) is 44.7 Å². The standard InChI is InChI=1S/C23H28N4OS/c1-25(15-18-13-16-7-3-4-8-21(16)29-18)17-9-10-20-19(14-17)22(24-26(20)2)23(28)27-11-5-6-12-27/h3-4,7-8,13,17H,5-6,9-12,14-15H2,1-2H3. The molecule has 1 aromatic carbocycles. The number of carbonyl (C=O) groups excluding carboxylic acids is 1. The summed E-state index contributed by atoms with van der Waals surface area (Å²) >= 11 is 1.89. The molecule has 3 heterocycles. The van der Waals surface area contributed by atoms with Gasteiger partial charge in [-0.2, -0.15) is 5.10 Å². The summed E-state index contributed by atoms with van der Waals surface area (Å²) < 4.78 is 3.30. The lowest BCUT2D eigenvalue weighted by atomic mass is 9.90. The third-order valence-electron chi connectivity index (χ3n) is 6.53. The van der Waals surface area contributed by atoms with Crippen LogP contribution in [0.2, 0.25) is 0 Å². The third kappa shape index (κ3) is 3.49. The van der Waals surface area contributed by atoms with Gasteiger partial charge in [0.25, 0.3) is 5.91 Å². The van der Waals surface area contributed by atoms with Crippen molar-refractivity contribution in [2.75, 3.05) is 20.1 Å². The number of fused-ring (bicyclic) bond motifs is 2. The molecular weight excluding hydrogens is 380 g/mol. The number of hydrogen-bond acceptors (Lipinski definition) is 4. The Labute approximate surface area is 175 Å². The van der Waals surface area contributed by atoms with E-state index in [0.717, 1.165) is 51.7 Å². The summed E-state index contributed by atoms with van der Waals surface area (Å²) in [5, 5.41) is 5.98. The summed E-state index contributed by atoms with van der Waals surface area (Å²) in [7, 11) is 4.21. The molecule has 0 radical (unpaired) electrons. The zero-order valence-corrected chi connectivity index (χ0v) is 18.0. The molecule has 2 aliphatic rings. The van der Waals surface area contributed by atoms with Gasteiger partial charge < -0.3 is 4.90 Å². The van der Waals surface area contributed by atoms with E-state index in [1.54, 1.807) is 0 Å². The van der Waals surface area contributed by atoms with E-state index in [4.69, 9.17) is 0 Å². The normalized spacial score (nSPS) is 19.3. The van der Waals surface area contributed by atoms with Gasteiger partial charge in [0.1, 0.15) is 0 Å². The number of likely N-dealkylation sites (tertiary alicyclic amines) is 1.